The molecule has 1 fully saturated rings. The molecule has 2 N–H and O–H groups in total. The molecule has 1 aromatic rings. The number of benzene rings is 1. The summed E-state index contributed by atoms with van der Waals surface area (Å²) in [6.07, 6.45) is 3.91. The summed E-state index contributed by atoms with van der Waals surface area (Å²) in [5.41, 5.74) is 5.89. The van der Waals surface area contributed by atoms with Crippen LogP contribution in [0.2, 0.25) is 0 Å². The molecule has 0 aliphatic heterocycles. The maximum Gasteiger partial charge on any atom is 0.178 e. The number of sulfone groups is 1. The van der Waals surface area contributed by atoms with E-state index in [0.29, 0.717) is 4.90 Å². The van der Waals surface area contributed by atoms with Gasteiger partial charge < -0.3 is 5.73 Å². The second kappa shape index (κ2) is 5.19. The average Bonchev–Trinajstić information content (AvgIpc) is 2.29. The van der Waals surface area contributed by atoms with Gasteiger partial charge in [0.2, 0.25) is 0 Å². The minimum atomic E-state index is -3.14. The number of hydrogen-bond donors (Lipinski definition) is 1. The molecule has 0 radical (unpaired) electrons. The molecular weight excluding hydrogens is 234 g/mol. The standard InChI is InChI=1S/C13H19NO2S/c14-12-6-4-5-11(9-12)10-17(15,16)13-7-2-1-3-8-13/h1-3,7-8,11-12H,4-6,9-10,14H2. The second-order valence-corrected chi connectivity index (χ2v) is 6.92. The van der Waals surface area contributed by atoms with Crippen LogP contribution < -0.4 is 5.73 Å². The molecule has 1 aromatic carbocycles. The first kappa shape index (κ1) is 12.6. The van der Waals surface area contributed by atoms with E-state index >= 15 is 0 Å². The fraction of sp³-hybridized carbons (Fsp3) is 0.538. The highest BCUT2D eigenvalue weighted by atomic mass is 32.2. The van der Waals surface area contributed by atoms with E-state index in [1.54, 1.807) is 24.3 Å². The summed E-state index contributed by atoms with van der Waals surface area (Å²) in [6, 6.07) is 8.87. The van der Waals surface area contributed by atoms with E-state index in [1.165, 1.54) is 0 Å². The average molecular weight is 253 g/mol. The van der Waals surface area contributed by atoms with E-state index in [-0.39, 0.29) is 17.7 Å². The van der Waals surface area contributed by atoms with Crippen molar-refractivity contribution in [3.8, 4) is 0 Å². The quantitative estimate of drug-likeness (QED) is 0.896. The van der Waals surface area contributed by atoms with Crippen molar-refractivity contribution < 1.29 is 8.42 Å². The van der Waals surface area contributed by atoms with Gasteiger partial charge in [0.15, 0.2) is 9.84 Å². The van der Waals surface area contributed by atoms with E-state index in [0.717, 1.165) is 25.7 Å². The molecule has 2 atom stereocenters. The van der Waals surface area contributed by atoms with E-state index < -0.39 is 9.84 Å². The van der Waals surface area contributed by atoms with E-state index in [2.05, 4.69) is 0 Å². The fourth-order valence-electron chi connectivity index (χ4n) is 2.52. The maximum absolute atomic E-state index is 12.2. The van der Waals surface area contributed by atoms with Crippen LogP contribution in [0, 0.1) is 5.92 Å². The smallest absolute Gasteiger partial charge is 0.178 e. The maximum atomic E-state index is 12.2. The Morgan fingerprint density at radius 1 is 1.18 bits per heavy atom. The summed E-state index contributed by atoms with van der Waals surface area (Å²) in [5.74, 6) is 0.467. The lowest BCUT2D eigenvalue weighted by Gasteiger charge is -2.26. The van der Waals surface area contributed by atoms with Gasteiger partial charge in [0, 0.05) is 6.04 Å². The topological polar surface area (TPSA) is 60.2 Å². The summed E-state index contributed by atoms with van der Waals surface area (Å²) >= 11 is 0. The van der Waals surface area contributed by atoms with Crippen LogP contribution in [0.25, 0.3) is 0 Å². The molecule has 1 aliphatic rings. The largest absolute Gasteiger partial charge is 0.328 e. The summed E-state index contributed by atoms with van der Waals surface area (Å²) in [4.78, 5) is 0.430. The normalized spacial score (nSPS) is 25.7. The Bertz CT molecular complexity index is 456. The molecule has 94 valence electrons. The molecule has 0 bridgehead atoms. The van der Waals surface area contributed by atoms with Crippen LogP contribution in [0.5, 0.6) is 0 Å². The zero-order valence-corrected chi connectivity index (χ0v) is 10.7. The first-order valence-corrected chi connectivity index (χ1v) is 7.76. The molecule has 0 heterocycles. The van der Waals surface area contributed by atoms with Gasteiger partial charge in [-0.25, -0.2) is 8.42 Å². The van der Waals surface area contributed by atoms with Gasteiger partial charge in [-0.15, -0.1) is 0 Å². The lowest BCUT2D eigenvalue weighted by atomic mass is 9.87. The van der Waals surface area contributed by atoms with Crippen LogP contribution in [-0.2, 0) is 9.84 Å². The first-order valence-electron chi connectivity index (χ1n) is 6.11. The molecule has 0 saturated heterocycles. The molecule has 0 aromatic heterocycles. The molecule has 0 amide bonds. The van der Waals surface area contributed by atoms with Crippen LogP contribution in [0.15, 0.2) is 35.2 Å². The van der Waals surface area contributed by atoms with Crippen molar-refractivity contribution in [3.63, 3.8) is 0 Å². The summed E-state index contributed by atoms with van der Waals surface area (Å²) in [5, 5.41) is 0. The summed E-state index contributed by atoms with van der Waals surface area (Å²) < 4.78 is 24.3. The Morgan fingerprint density at radius 2 is 1.88 bits per heavy atom. The number of rotatable bonds is 3. The zero-order chi connectivity index (χ0) is 12.3. The Kier molecular flexibility index (Phi) is 3.84. The second-order valence-electron chi connectivity index (χ2n) is 4.89. The van der Waals surface area contributed by atoms with Crippen molar-refractivity contribution in [2.75, 3.05) is 5.75 Å². The highest BCUT2D eigenvalue weighted by Crippen LogP contribution is 2.26. The van der Waals surface area contributed by atoms with Gasteiger partial charge in [-0.2, -0.15) is 0 Å². The van der Waals surface area contributed by atoms with E-state index in [1.807, 2.05) is 6.07 Å². The Morgan fingerprint density at radius 3 is 2.53 bits per heavy atom. The zero-order valence-electron chi connectivity index (χ0n) is 9.88. The lowest BCUT2D eigenvalue weighted by Crippen LogP contribution is -2.31. The fourth-order valence-corrected chi connectivity index (χ4v) is 4.21. The Hall–Kier alpha value is -0.870. The first-order chi connectivity index (χ1) is 8.08. The predicted octanol–water partition coefficient (Wildman–Crippen LogP) is 1.98. The van der Waals surface area contributed by atoms with Crippen molar-refractivity contribution in [2.45, 2.75) is 36.6 Å². The molecular formula is C13H19NO2S. The van der Waals surface area contributed by atoms with Crippen molar-refractivity contribution >= 4 is 9.84 Å². The third-order valence-corrected chi connectivity index (χ3v) is 5.28. The van der Waals surface area contributed by atoms with Gasteiger partial charge in [-0.05, 0) is 37.3 Å². The Labute approximate surface area is 103 Å². The Balaban J connectivity index is 2.07. The van der Waals surface area contributed by atoms with E-state index in [4.69, 9.17) is 5.73 Å². The van der Waals surface area contributed by atoms with Gasteiger partial charge in [0.1, 0.15) is 0 Å². The SMILES string of the molecule is NC1CCCC(CS(=O)(=O)c2ccccc2)C1. The van der Waals surface area contributed by atoms with E-state index in [9.17, 15) is 8.42 Å². The van der Waals surface area contributed by atoms with Gasteiger partial charge in [-0.3, -0.25) is 0 Å². The third kappa shape index (κ3) is 3.30. The van der Waals surface area contributed by atoms with Crippen LogP contribution in [-0.4, -0.2) is 20.2 Å². The van der Waals surface area contributed by atoms with Crippen LogP contribution >= 0.6 is 0 Å². The van der Waals surface area contributed by atoms with Gasteiger partial charge in [0.25, 0.3) is 0 Å². The number of nitrogens with two attached hydrogens (primary N) is 1. The highest BCUT2D eigenvalue weighted by Gasteiger charge is 2.25. The van der Waals surface area contributed by atoms with Gasteiger partial charge >= 0.3 is 0 Å². The minimum Gasteiger partial charge on any atom is -0.328 e. The van der Waals surface area contributed by atoms with Crippen molar-refractivity contribution in [2.24, 2.45) is 11.7 Å². The van der Waals surface area contributed by atoms with Gasteiger partial charge in [0.05, 0.1) is 10.6 Å². The lowest BCUT2D eigenvalue weighted by molar-refractivity contribution is 0.345. The predicted molar refractivity (Wildman–Crippen MR) is 68.4 cm³/mol. The van der Waals surface area contributed by atoms with Gasteiger partial charge in [-0.1, -0.05) is 24.6 Å². The van der Waals surface area contributed by atoms with Crippen molar-refractivity contribution in [1.82, 2.24) is 0 Å². The minimum absolute atomic E-state index is 0.180. The summed E-state index contributed by atoms with van der Waals surface area (Å²) in [6.45, 7) is 0. The molecule has 2 rings (SSSR count). The van der Waals surface area contributed by atoms with Crippen molar-refractivity contribution in [1.29, 1.82) is 0 Å². The summed E-state index contributed by atoms with van der Waals surface area (Å²) in [7, 11) is -3.14. The molecule has 3 nitrogen and oxygen atoms in total. The molecule has 2 unspecified atom stereocenters. The molecule has 17 heavy (non-hydrogen) atoms. The number of hydrogen-bond acceptors (Lipinski definition) is 3. The van der Waals surface area contributed by atoms with Crippen LogP contribution in [0.4, 0.5) is 0 Å². The van der Waals surface area contributed by atoms with Crippen molar-refractivity contribution in [3.05, 3.63) is 30.3 Å². The molecule has 0 spiro atoms. The molecule has 4 heteroatoms. The molecule has 1 aliphatic carbocycles. The highest BCUT2D eigenvalue weighted by molar-refractivity contribution is 7.91. The van der Waals surface area contributed by atoms with Crippen LogP contribution in [0.3, 0.4) is 0 Å². The van der Waals surface area contributed by atoms with Crippen LogP contribution in [0.1, 0.15) is 25.7 Å². The third-order valence-electron chi connectivity index (χ3n) is 3.38. The molecule has 1 saturated carbocycles. The monoisotopic (exact) mass is 253 g/mol.